The highest BCUT2D eigenvalue weighted by molar-refractivity contribution is 5.85. The minimum Gasteiger partial charge on any atom is -0.478 e. The molecule has 2 aromatic carbocycles. The molecule has 3 aromatic rings. The molecule has 29 heavy (non-hydrogen) atoms. The van der Waals surface area contributed by atoms with Gasteiger partial charge in [-0.15, -0.1) is 0 Å². The fraction of sp³-hybridized carbons (Fsp3) is 0.292. The lowest BCUT2D eigenvalue weighted by Crippen LogP contribution is -2.32. The number of aliphatic hydroxyl groups excluding tert-OH is 1. The number of carboxylic acids is 1. The number of rotatable bonds is 8. The van der Waals surface area contributed by atoms with Gasteiger partial charge in [0, 0.05) is 42.3 Å². The quantitative estimate of drug-likeness (QED) is 0.512. The second kappa shape index (κ2) is 8.64. The molecule has 0 saturated heterocycles. The van der Waals surface area contributed by atoms with Gasteiger partial charge >= 0.3 is 5.97 Å². The zero-order valence-corrected chi connectivity index (χ0v) is 16.3. The number of aliphatic hydroxyl groups is 1. The SMILES string of the molecule is O=C(O)C=Cc1ccc2c(c1)CCC2N(CCO)CCc1c[nH]c2ccccc12. The maximum atomic E-state index is 10.8. The van der Waals surface area contributed by atoms with E-state index in [-0.39, 0.29) is 6.61 Å². The molecule has 1 atom stereocenters. The van der Waals surface area contributed by atoms with Gasteiger partial charge in [-0.2, -0.15) is 0 Å². The summed E-state index contributed by atoms with van der Waals surface area (Å²) in [6.45, 7) is 1.67. The Bertz CT molecular complexity index is 1040. The van der Waals surface area contributed by atoms with Crippen LogP contribution in [0.5, 0.6) is 0 Å². The van der Waals surface area contributed by atoms with Crippen molar-refractivity contribution in [3.05, 3.63) is 77.0 Å². The summed E-state index contributed by atoms with van der Waals surface area (Å²) in [5.74, 6) is -0.935. The Morgan fingerprint density at radius 1 is 1.21 bits per heavy atom. The van der Waals surface area contributed by atoms with Crippen molar-refractivity contribution in [1.29, 1.82) is 0 Å². The molecule has 0 fully saturated rings. The number of aliphatic carboxylic acids is 1. The van der Waals surface area contributed by atoms with Gasteiger partial charge in [0.2, 0.25) is 0 Å². The number of carbonyl (C=O) groups is 1. The predicted octanol–water partition coefficient (Wildman–Crippen LogP) is 3.79. The van der Waals surface area contributed by atoms with Gasteiger partial charge in [-0.05, 0) is 53.7 Å². The van der Waals surface area contributed by atoms with E-state index in [2.05, 4.69) is 46.4 Å². The molecule has 0 spiro atoms. The number of benzene rings is 2. The zero-order valence-electron chi connectivity index (χ0n) is 16.3. The molecule has 150 valence electrons. The van der Waals surface area contributed by atoms with E-state index in [1.807, 2.05) is 12.1 Å². The highest BCUT2D eigenvalue weighted by atomic mass is 16.4. The van der Waals surface area contributed by atoms with E-state index in [4.69, 9.17) is 5.11 Å². The Balaban J connectivity index is 1.50. The fourth-order valence-corrected chi connectivity index (χ4v) is 4.42. The van der Waals surface area contributed by atoms with E-state index in [9.17, 15) is 9.90 Å². The molecular formula is C24H26N2O3. The molecule has 0 radical (unpaired) electrons. The van der Waals surface area contributed by atoms with E-state index in [1.165, 1.54) is 28.2 Å². The van der Waals surface area contributed by atoms with Crippen LogP contribution in [0.4, 0.5) is 0 Å². The number of nitrogens with zero attached hydrogens (tertiary/aromatic N) is 1. The Hall–Kier alpha value is -2.89. The van der Waals surface area contributed by atoms with Crippen LogP contribution in [0.2, 0.25) is 0 Å². The predicted molar refractivity (Wildman–Crippen MR) is 115 cm³/mol. The van der Waals surface area contributed by atoms with Crippen LogP contribution in [-0.2, 0) is 17.6 Å². The van der Waals surface area contributed by atoms with Gasteiger partial charge in [0.25, 0.3) is 0 Å². The van der Waals surface area contributed by atoms with Crippen molar-refractivity contribution < 1.29 is 15.0 Å². The van der Waals surface area contributed by atoms with Gasteiger partial charge in [-0.3, -0.25) is 4.90 Å². The van der Waals surface area contributed by atoms with Gasteiger partial charge in [0.1, 0.15) is 0 Å². The van der Waals surface area contributed by atoms with Gasteiger partial charge in [-0.1, -0.05) is 36.4 Å². The molecule has 5 heteroatoms. The van der Waals surface area contributed by atoms with Crippen LogP contribution in [0.25, 0.3) is 17.0 Å². The summed E-state index contributed by atoms with van der Waals surface area (Å²) in [5.41, 5.74) is 5.95. The molecule has 0 saturated carbocycles. The monoisotopic (exact) mass is 390 g/mol. The summed E-state index contributed by atoms with van der Waals surface area (Å²) in [6.07, 6.45) is 7.83. The van der Waals surface area contributed by atoms with Gasteiger partial charge in [0.15, 0.2) is 0 Å². The maximum Gasteiger partial charge on any atom is 0.328 e. The van der Waals surface area contributed by atoms with Crippen LogP contribution in [0.1, 0.15) is 34.7 Å². The van der Waals surface area contributed by atoms with E-state index >= 15 is 0 Å². The van der Waals surface area contributed by atoms with E-state index in [1.54, 1.807) is 6.08 Å². The highest BCUT2D eigenvalue weighted by Gasteiger charge is 2.27. The molecule has 0 amide bonds. The van der Waals surface area contributed by atoms with E-state index in [0.717, 1.165) is 36.9 Å². The second-order valence-corrected chi connectivity index (χ2v) is 7.55. The number of nitrogens with one attached hydrogen (secondary N) is 1. The lowest BCUT2D eigenvalue weighted by molar-refractivity contribution is -0.131. The smallest absolute Gasteiger partial charge is 0.328 e. The third kappa shape index (κ3) is 4.26. The van der Waals surface area contributed by atoms with Crippen molar-refractivity contribution in [2.24, 2.45) is 0 Å². The number of carboxylic acid groups (broad SMARTS) is 1. The van der Waals surface area contributed by atoms with Crippen LogP contribution >= 0.6 is 0 Å². The van der Waals surface area contributed by atoms with Crippen LogP contribution < -0.4 is 0 Å². The summed E-state index contributed by atoms with van der Waals surface area (Å²) in [7, 11) is 0. The molecule has 3 N–H and O–H groups in total. The van der Waals surface area contributed by atoms with Crippen molar-refractivity contribution in [3.63, 3.8) is 0 Å². The molecule has 5 nitrogen and oxygen atoms in total. The second-order valence-electron chi connectivity index (χ2n) is 7.55. The summed E-state index contributed by atoms with van der Waals surface area (Å²) in [6, 6.07) is 14.8. The first-order valence-corrected chi connectivity index (χ1v) is 10.1. The highest BCUT2D eigenvalue weighted by Crippen LogP contribution is 2.36. The fourth-order valence-electron chi connectivity index (χ4n) is 4.42. The molecule has 1 aromatic heterocycles. The molecule has 1 unspecified atom stereocenters. The average molecular weight is 390 g/mol. The van der Waals surface area contributed by atoms with Crippen molar-refractivity contribution in [2.45, 2.75) is 25.3 Å². The van der Waals surface area contributed by atoms with Crippen LogP contribution in [0.15, 0.2) is 54.7 Å². The number of para-hydroxylation sites is 1. The first-order valence-electron chi connectivity index (χ1n) is 10.1. The summed E-state index contributed by atoms with van der Waals surface area (Å²) < 4.78 is 0. The Kier molecular flexibility index (Phi) is 5.79. The van der Waals surface area contributed by atoms with Crippen LogP contribution in [0.3, 0.4) is 0 Å². The molecule has 1 aliphatic rings. The molecule has 4 rings (SSSR count). The topological polar surface area (TPSA) is 76.6 Å². The van der Waals surface area contributed by atoms with Crippen LogP contribution in [0, 0.1) is 0 Å². The minimum atomic E-state index is -0.935. The number of hydrogen-bond acceptors (Lipinski definition) is 3. The molecule has 0 bridgehead atoms. The largest absolute Gasteiger partial charge is 0.478 e. The minimum absolute atomic E-state index is 0.138. The molecule has 1 aliphatic carbocycles. The summed E-state index contributed by atoms with van der Waals surface area (Å²) >= 11 is 0. The van der Waals surface area contributed by atoms with Crippen molar-refractivity contribution >= 4 is 22.9 Å². The van der Waals surface area contributed by atoms with Crippen LogP contribution in [-0.4, -0.2) is 45.8 Å². The Morgan fingerprint density at radius 3 is 2.90 bits per heavy atom. The average Bonchev–Trinajstić information content (AvgIpc) is 3.33. The van der Waals surface area contributed by atoms with E-state index in [0.29, 0.717) is 12.6 Å². The Morgan fingerprint density at radius 2 is 2.07 bits per heavy atom. The first kappa shape index (κ1) is 19.4. The summed E-state index contributed by atoms with van der Waals surface area (Å²) in [5, 5.41) is 19.7. The zero-order chi connectivity index (χ0) is 20.2. The lowest BCUT2D eigenvalue weighted by atomic mass is 10.0. The first-order chi connectivity index (χ1) is 14.2. The maximum absolute atomic E-state index is 10.8. The van der Waals surface area contributed by atoms with Gasteiger partial charge < -0.3 is 15.2 Å². The molecule has 1 heterocycles. The van der Waals surface area contributed by atoms with Gasteiger partial charge in [-0.25, -0.2) is 4.79 Å². The number of hydrogen-bond donors (Lipinski definition) is 3. The number of aryl methyl sites for hydroxylation is 1. The third-order valence-corrected chi connectivity index (χ3v) is 5.80. The standard InChI is InChI=1S/C24H26N2O3/c27-14-13-26(12-11-19-16-25-22-4-2-1-3-20(19)22)23-9-7-18-15-17(5-8-21(18)23)6-10-24(28)29/h1-6,8,10,15-16,23,25,27H,7,9,11-14H2,(H,28,29). The number of aromatic amines is 1. The normalized spacial score (nSPS) is 16.1. The number of aromatic nitrogens is 1. The number of fused-ring (bicyclic) bond motifs is 2. The van der Waals surface area contributed by atoms with Gasteiger partial charge in [0.05, 0.1) is 6.61 Å². The number of H-pyrrole nitrogens is 1. The van der Waals surface area contributed by atoms with Crippen molar-refractivity contribution in [1.82, 2.24) is 9.88 Å². The van der Waals surface area contributed by atoms with Crippen molar-refractivity contribution in [3.8, 4) is 0 Å². The van der Waals surface area contributed by atoms with E-state index < -0.39 is 5.97 Å². The summed E-state index contributed by atoms with van der Waals surface area (Å²) in [4.78, 5) is 16.5. The van der Waals surface area contributed by atoms with Crippen molar-refractivity contribution in [2.75, 3.05) is 19.7 Å². The Labute approximate surface area is 170 Å². The molecular weight excluding hydrogens is 364 g/mol. The lowest BCUT2D eigenvalue weighted by Gasteiger charge is -2.29. The third-order valence-electron chi connectivity index (χ3n) is 5.80. The molecule has 0 aliphatic heterocycles.